The molecule has 0 aliphatic carbocycles. The first-order valence-electron chi connectivity index (χ1n) is 8.81. The van der Waals surface area contributed by atoms with Crippen LogP contribution in [0.1, 0.15) is 37.8 Å². The number of hydrogen-bond donors (Lipinski definition) is 1. The van der Waals surface area contributed by atoms with Crippen LogP contribution in [-0.4, -0.2) is 61.6 Å². The molecule has 0 saturated carbocycles. The van der Waals surface area contributed by atoms with Crippen molar-refractivity contribution < 1.29 is 0 Å². The lowest BCUT2D eigenvalue weighted by Crippen LogP contribution is -2.39. The van der Waals surface area contributed by atoms with Crippen molar-refractivity contribution in [3.63, 3.8) is 0 Å². The molecule has 0 spiro atoms. The summed E-state index contributed by atoms with van der Waals surface area (Å²) in [6.45, 7) is 2.95. The van der Waals surface area contributed by atoms with E-state index in [-0.39, 0.29) is 0 Å². The zero-order valence-electron chi connectivity index (χ0n) is 16.0. The molecule has 138 valence electrons. The highest BCUT2D eigenvalue weighted by molar-refractivity contribution is 6.30. The van der Waals surface area contributed by atoms with Crippen LogP contribution < -0.4 is 5.32 Å². The molecule has 0 aromatic carbocycles. The van der Waals surface area contributed by atoms with Crippen LogP contribution >= 0.6 is 11.6 Å². The Morgan fingerprint density at radius 3 is 2.42 bits per heavy atom. The molecule has 0 saturated heterocycles. The van der Waals surface area contributed by atoms with E-state index in [0.717, 1.165) is 24.1 Å². The molecule has 0 radical (unpaired) electrons. The van der Waals surface area contributed by atoms with E-state index in [4.69, 9.17) is 11.6 Å². The smallest absolute Gasteiger partial charge is 0.193 e. The molecule has 1 heterocycles. The van der Waals surface area contributed by atoms with Crippen LogP contribution in [0.5, 0.6) is 0 Å². The molecule has 0 bridgehead atoms. The summed E-state index contributed by atoms with van der Waals surface area (Å²) in [7, 11) is 10.2. The number of aliphatic imine (C=N–C) groups is 1. The second-order valence-corrected chi connectivity index (χ2v) is 7.10. The maximum Gasteiger partial charge on any atom is 0.193 e. The normalized spacial score (nSPS) is 12.0. The maximum absolute atomic E-state index is 6.05. The zero-order valence-corrected chi connectivity index (χ0v) is 16.7. The first-order valence-corrected chi connectivity index (χ1v) is 9.19. The van der Waals surface area contributed by atoms with E-state index < -0.39 is 0 Å². The Kier molecular flexibility index (Phi) is 9.88. The van der Waals surface area contributed by atoms with Gasteiger partial charge in [-0.2, -0.15) is 0 Å². The second-order valence-electron chi connectivity index (χ2n) is 6.66. The Morgan fingerprint density at radius 2 is 1.83 bits per heavy atom. The van der Waals surface area contributed by atoms with Gasteiger partial charge in [-0.05, 0) is 39.5 Å². The minimum atomic E-state index is 0.776. The van der Waals surface area contributed by atoms with Gasteiger partial charge in [0.15, 0.2) is 5.96 Å². The van der Waals surface area contributed by atoms with Crippen molar-refractivity contribution in [2.24, 2.45) is 12.0 Å². The summed E-state index contributed by atoms with van der Waals surface area (Å²) in [4.78, 5) is 8.75. The van der Waals surface area contributed by atoms with Crippen molar-refractivity contribution in [1.82, 2.24) is 19.7 Å². The molecule has 0 fully saturated rings. The Morgan fingerprint density at radius 1 is 1.17 bits per heavy atom. The number of nitrogens with one attached hydrogen (secondary N) is 1. The predicted molar refractivity (Wildman–Crippen MR) is 105 cm³/mol. The second kappa shape index (κ2) is 11.4. The summed E-state index contributed by atoms with van der Waals surface area (Å²) < 4.78 is 2.06. The lowest BCUT2D eigenvalue weighted by Gasteiger charge is -2.22. The third-order valence-electron chi connectivity index (χ3n) is 4.11. The summed E-state index contributed by atoms with van der Waals surface area (Å²) in [6, 6.07) is 2.00. The molecule has 0 aliphatic rings. The van der Waals surface area contributed by atoms with Gasteiger partial charge in [0.05, 0.1) is 11.6 Å². The monoisotopic (exact) mass is 355 g/mol. The van der Waals surface area contributed by atoms with E-state index in [1.165, 1.54) is 44.3 Å². The van der Waals surface area contributed by atoms with Crippen molar-refractivity contribution in [2.45, 2.75) is 38.6 Å². The maximum atomic E-state index is 6.05. The van der Waals surface area contributed by atoms with Gasteiger partial charge in [0.25, 0.3) is 0 Å². The summed E-state index contributed by atoms with van der Waals surface area (Å²) in [5.74, 6) is 0.930. The molecule has 1 aromatic heterocycles. The van der Waals surface area contributed by atoms with Crippen LogP contribution in [0.3, 0.4) is 0 Å². The molecule has 0 amide bonds. The van der Waals surface area contributed by atoms with Crippen molar-refractivity contribution in [3.8, 4) is 0 Å². The Balaban J connectivity index is 2.21. The molecule has 1 aromatic rings. The summed E-state index contributed by atoms with van der Waals surface area (Å²) in [5.41, 5.74) is 1.17. The van der Waals surface area contributed by atoms with Gasteiger partial charge in [0.2, 0.25) is 0 Å². The largest absolute Gasteiger partial charge is 0.356 e. The van der Waals surface area contributed by atoms with Crippen molar-refractivity contribution in [1.29, 1.82) is 0 Å². The number of nitrogens with zero attached hydrogens (tertiary/aromatic N) is 4. The van der Waals surface area contributed by atoms with E-state index in [2.05, 4.69) is 45.8 Å². The van der Waals surface area contributed by atoms with Crippen molar-refractivity contribution >= 4 is 17.6 Å². The fourth-order valence-corrected chi connectivity index (χ4v) is 2.98. The van der Waals surface area contributed by atoms with Crippen molar-refractivity contribution in [3.05, 3.63) is 23.0 Å². The van der Waals surface area contributed by atoms with Crippen LogP contribution in [-0.2, 0) is 13.6 Å². The lowest BCUT2D eigenvalue weighted by molar-refractivity contribution is 0.389. The summed E-state index contributed by atoms with van der Waals surface area (Å²) in [6.07, 6.45) is 8.31. The molecular formula is C18H34ClN5. The highest BCUT2D eigenvalue weighted by atomic mass is 35.5. The first kappa shape index (κ1) is 20.8. The minimum absolute atomic E-state index is 0.776. The van der Waals surface area contributed by atoms with Gasteiger partial charge in [0.1, 0.15) is 0 Å². The van der Waals surface area contributed by atoms with Crippen LogP contribution in [0, 0.1) is 0 Å². The van der Waals surface area contributed by atoms with Gasteiger partial charge in [-0.3, -0.25) is 4.99 Å². The molecule has 6 heteroatoms. The number of hydrogen-bond acceptors (Lipinski definition) is 2. The molecule has 5 nitrogen and oxygen atoms in total. The lowest BCUT2D eigenvalue weighted by atomic mass is 10.1. The highest BCUT2D eigenvalue weighted by Gasteiger charge is 2.09. The molecule has 0 aliphatic heterocycles. The molecule has 1 rings (SSSR count). The van der Waals surface area contributed by atoms with Crippen LogP contribution in [0.25, 0.3) is 0 Å². The topological polar surface area (TPSA) is 35.8 Å². The van der Waals surface area contributed by atoms with E-state index in [9.17, 15) is 0 Å². The first-order chi connectivity index (χ1) is 11.4. The number of aryl methyl sites for hydroxylation is 1. The zero-order chi connectivity index (χ0) is 17.9. The average molecular weight is 356 g/mol. The van der Waals surface area contributed by atoms with Crippen molar-refractivity contribution in [2.75, 3.05) is 41.3 Å². The van der Waals surface area contributed by atoms with Crippen LogP contribution in [0.15, 0.2) is 17.3 Å². The molecule has 24 heavy (non-hydrogen) atoms. The van der Waals surface area contributed by atoms with E-state index in [1.807, 2.05) is 26.4 Å². The van der Waals surface area contributed by atoms with Crippen LogP contribution in [0.2, 0.25) is 5.02 Å². The van der Waals surface area contributed by atoms with Gasteiger partial charge in [-0.25, -0.2) is 0 Å². The average Bonchev–Trinajstić information content (AvgIpc) is 2.83. The number of unbranched alkanes of at least 4 members (excludes halogenated alkanes) is 4. The molecule has 1 N–H and O–H groups in total. The standard InChI is InChI=1S/C18H34ClN5/c1-20-18(21-11-9-7-6-8-10-12-22(2)3)24(5)15-17-13-16(19)14-23(17)4/h13-14H,6-12,15H2,1-5H3,(H,20,21). The number of aromatic nitrogens is 1. The summed E-state index contributed by atoms with van der Waals surface area (Å²) >= 11 is 6.05. The van der Waals surface area contributed by atoms with E-state index in [0.29, 0.717) is 0 Å². The molecule has 0 unspecified atom stereocenters. The quantitative estimate of drug-likeness (QED) is 0.398. The third kappa shape index (κ3) is 8.06. The molecule has 0 atom stereocenters. The fourth-order valence-electron chi connectivity index (χ4n) is 2.71. The summed E-state index contributed by atoms with van der Waals surface area (Å²) in [5, 5.41) is 4.23. The van der Waals surface area contributed by atoms with E-state index in [1.54, 1.807) is 0 Å². The number of guanidine groups is 1. The Hall–Kier alpha value is -1.20. The van der Waals surface area contributed by atoms with Gasteiger partial charge >= 0.3 is 0 Å². The third-order valence-corrected chi connectivity index (χ3v) is 4.32. The van der Waals surface area contributed by atoms with Crippen LogP contribution in [0.4, 0.5) is 0 Å². The van der Waals surface area contributed by atoms with Gasteiger partial charge < -0.3 is 19.7 Å². The SMILES string of the molecule is CN=C(NCCCCCCCN(C)C)N(C)Cc1cc(Cl)cn1C. The Labute approximate surface area is 152 Å². The highest BCUT2D eigenvalue weighted by Crippen LogP contribution is 2.14. The number of rotatable bonds is 10. The minimum Gasteiger partial charge on any atom is -0.356 e. The fraction of sp³-hybridized carbons (Fsp3) is 0.722. The van der Waals surface area contributed by atoms with Gasteiger partial charge in [-0.15, -0.1) is 0 Å². The van der Waals surface area contributed by atoms with Gasteiger partial charge in [0, 0.05) is 39.6 Å². The molecular weight excluding hydrogens is 322 g/mol. The van der Waals surface area contributed by atoms with E-state index >= 15 is 0 Å². The predicted octanol–water partition coefficient (Wildman–Crippen LogP) is 3.20. The number of halogens is 1. The Bertz CT molecular complexity index is 496. The van der Waals surface area contributed by atoms with Gasteiger partial charge in [-0.1, -0.05) is 30.9 Å².